The van der Waals surface area contributed by atoms with E-state index < -0.39 is 0 Å². The van der Waals surface area contributed by atoms with E-state index in [0.717, 1.165) is 29.1 Å². The van der Waals surface area contributed by atoms with Gasteiger partial charge in [0.15, 0.2) is 5.16 Å². The average Bonchev–Trinajstić information content (AvgIpc) is 3.27. The van der Waals surface area contributed by atoms with Crippen LogP contribution in [0.25, 0.3) is 0 Å². The molecule has 1 saturated carbocycles. The summed E-state index contributed by atoms with van der Waals surface area (Å²) in [4.78, 5) is 4.56. The molecule has 1 aliphatic carbocycles. The fourth-order valence-corrected chi connectivity index (χ4v) is 4.76. The molecule has 0 atom stereocenters. The third kappa shape index (κ3) is 3.85. The maximum atomic E-state index is 4.56. The molecule has 5 nitrogen and oxygen atoms in total. The van der Waals surface area contributed by atoms with E-state index in [1.54, 1.807) is 11.8 Å². The third-order valence-corrected chi connectivity index (χ3v) is 6.04. The molecule has 0 bridgehead atoms. The molecule has 4 rings (SSSR count). The van der Waals surface area contributed by atoms with E-state index in [9.17, 15) is 0 Å². The summed E-state index contributed by atoms with van der Waals surface area (Å²) in [6, 6.07) is 11.1. The van der Waals surface area contributed by atoms with Gasteiger partial charge in [0.2, 0.25) is 0 Å². The van der Waals surface area contributed by atoms with Gasteiger partial charge in [-0.05, 0) is 25.3 Å². The first-order valence-corrected chi connectivity index (χ1v) is 10.4. The first kappa shape index (κ1) is 17.3. The second kappa shape index (κ2) is 8.08. The van der Waals surface area contributed by atoms with E-state index in [-0.39, 0.29) is 0 Å². The minimum atomic E-state index is 0.560. The molecule has 0 saturated heterocycles. The van der Waals surface area contributed by atoms with Crippen molar-refractivity contribution in [2.75, 3.05) is 0 Å². The van der Waals surface area contributed by atoms with Crippen LogP contribution in [0.5, 0.6) is 0 Å². The molecular formula is C20H25N5S. The van der Waals surface area contributed by atoms with E-state index in [2.05, 4.69) is 67.8 Å². The smallest absolute Gasteiger partial charge is 0.191 e. The van der Waals surface area contributed by atoms with Gasteiger partial charge in [0.25, 0.3) is 0 Å². The first-order valence-electron chi connectivity index (χ1n) is 9.39. The zero-order valence-corrected chi connectivity index (χ0v) is 16.0. The standard InChI is InChI=1S/C20H25N5S/c1-16-22-23-20(25(16)18-10-6-3-7-11-18)26-15-19-21-12-13-24(19)14-17-8-4-2-5-9-17/h2,4-5,8-9,12-13,18H,3,6-7,10-11,14-15H2,1H3. The van der Waals surface area contributed by atoms with Gasteiger partial charge in [-0.1, -0.05) is 61.4 Å². The number of hydrogen-bond donors (Lipinski definition) is 0. The second-order valence-electron chi connectivity index (χ2n) is 6.94. The Morgan fingerprint density at radius 2 is 1.88 bits per heavy atom. The van der Waals surface area contributed by atoms with Crippen molar-refractivity contribution in [3.8, 4) is 0 Å². The molecular weight excluding hydrogens is 342 g/mol. The van der Waals surface area contributed by atoms with Crippen molar-refractivity contribution in [1.82, 2.24) is 24.3 Å². The van der Waals surface area contributed by atoms with Crippen molar-refractivity contribution >= 4 is 11.8 Å². The van der Waals surface area contributed by atoms with Crippen molar-refractivity contribution in [1.29, 1.82) is 0 Å². The van der Waals surface area contributed by atoms with Crippen LogP contribution in [-0.2, 0) is 12.3 Å². The molecule has 2 aromatic heterocycles. The lowest BCUT2D eigenvalue weighted by Crippen LogP contribution is -2.15. The highest BCUT2D eigenvalue weighted by molar-refractivity contribution is 7.98. The maximum absolute atomic E-state index is 4.56. The summed E-state index contributed by atoms with van der Waals surface area (Å²) in [6.07, 6.45) is 10.4. The molecule has 0 radical (unpaired) electrons. The molecule has 6 heteroatoms. The molecule has 1 aliphatic rings. The SMILES string of the molecule is Cc1nnc(SCc2nccn2Cc2ccccc2)n1C1CCCCC1. The fourth-order valence-electron chi connectivity index (χ4n) is 3.74. The summed E-state index contributed by atoms with van der Waals surface area (Å²) in [5, 5.41) is 9.82. The highest BCUT2D eigenvalue weighted by atomic mass is 32.2. The van der Waals surface area contributed by atoms with Crippen LogP contribution in [0.2, 0.25) is 0 Å². The number of hydrogen-bond acceptors (Lipinski definition) is 4. The largest absolute Gasteiger partial charge is 0.330 e. The molecule has 0 spiro atoms. The van der Waals surface area contributed by atoms with Crippen LogP contribution < -0.4 is 0 Å². The normalized spacial score (nSPS) is 15.4. The quantitative estimate of drug-likeness (QED) is 0.596. The highest BCUT2D eigenvalue weighted by Crippen LogP contribution is 2.33. The van der Waals surface area contributed by atoms with Gasteiger partial charge >= 0.3 is 0 Å². The molecule has 0 amide bonds. The van der Waals surface area contributed by atoms with Crippen molar-refractivity contribution in [2.45, 2.75) is 62.5 Å². The molecule has 0 unspecified atom stereocenters. The first-order chi connectivity index (χ1) is 12.8. The van der Waals surface area contributed by atoms with Crippen LogP contribution >= 0.6 is 11.8 Å². The van der Waals surface area contributed by atoms with Gasteiger partial charge in [-0.25, -0.2) is 4.98 Å². The summed E-state index contributed by atoms with van der Waals surface area (Å²) in [7, 11) is 0. The van der Waals surface area contributed by atoms with Crippen LogP contribution in [0, 0.1) is 6.92 Å². The summed E-state index contributed by atoms with van der Waals surface area (Å²) in [5.74, 6) is 2.92. The Labute approximate surface area is 158 Å². The van der Waals surface area contributed by atoms with Gasteiger partial charge in [-0.3, -0.25) is 0 Å². The minimum Gasteiger partial charge on any atom is -0.330 e. The molecule has 26 heavy (non-hydrogen) atoms. The monoisotopic (exact) mass is 367 g/mol. The van der Waals surface area contributed by atoms with Crippen LogP contribution in [-0.4, -0.2) is 24.3 Å². The fraction of sp³-hybridized carbons (Fsp3) is 0.450. The highest BCUT2D eigenvalue weighted by Gasteiger charge is 2.21. The summed E-state index contributed by atoms with van der Waals surface area (Å²) >= 11 is 1.75. The van der Waals surface area contributed by atoms with E-state index in [1.807, 2.05) is 6.20 Å². The molecule has 0 aliphatic heterocycles. The Morgan fingerprint density at radius 3 is 2.69 bits per heavy atom. The number of benzene rings is 1. The lowest BCUT2D eigenvalue weighted by molar-refractivity contribution is 0.332. The number of aromatic nitrogens is 5. The second-order valence-corrected chi connectivity index (χ2v) is 7.88. The zero-order valence-electron chi connectivity index (χ0n) is 15.2. The van der Waals surface area contributed by atoms with Crippen molar-refractivity contribution < 1.29 is 0 Å². The van der Waals surface area contributed by atoms with Gasteiger partial charge in [0, 0.05) is 25.0 Å². The summed E-state index contributed by atoms with van der Waals surface area (Å²) in [5.41, 5.74) is 1.29. The molecule has 2 heterocycles. The van der Waals surface area contributed by atoms with Gasteiger partial charge in [0.05, 0.1) is 5.75 Å². The molecule has 1 aromatic carbocycles. The number of thioether (sulfide) groups is 1. The topological polar surface area (TPSA) is 48.5 Å². The van der Waals surface area contributed by atoms with E-state index in [4.69, 9.17) is 0 Å². The minimum absolute atomic E-state index is 0.560. The lowest BCUT2D eigenvalue weighted by atomic mass is 9.95. The Bertz CT molecular complexity index is 833. The van der Waals surface area contributed by atoms with E-state index in [1.165, 1.54) is 37.7 Å². The Kier molecular flexibility index (Phi) is 5.39. The number of aryl methyl sites for hydroxylation is 1. The predicted octanol–water partition coefficient (Wildman–Crippen LogP) is 4.63. The van der Waals surface area contributed by atoms with Gasteiger partial charge < -0.3 is 9.13 Å². The van der Waals surface area contributed by atoms with Crippen LogP contribution in [0.15, 0.2) is 47.9 Å². The van der Waals surface area contributed by atoms with Gasteiger partial charge in [-0.2, -0.15) is 0 Å². The summed E-state index contributed by atoms with van der Waals surface area (Å²) < 4.78 is 4.57. The average molecular weight is 368 g/mol. The van der Waals surface area contributed by atoms with Crippen LogP contribution in [0.3, 0.4) is 0 Å². The number of imidazole rings is 1. The van der Waals surface area contributed by atoms with Crippen LogP contribution in [0.1, 0.15) is 55.4 Å². The van der Waals surface area contributed by atoms with Crippen molar-refractivity contribution in [2.24, 2.45) is 0 Å². The van der Waals surface area contributed by atoms with E-state index >= 15 is 0 Å². The Morgan fingerprint density at radius 1 is 1.08 bits per heavy atom. The Hall–Kier alpha value is -2.08. The zero-order chi connectivity index (χ0) is 17.8. The molecule has 3 aromatic rings. The predicted molar refractivity (Wildman–Crippen MR) is 104 cm³/mol. The number of rotatable bonds is 6. The van der Waals surface area contributed by atoms with Crippen molar-refractivity contribution in [3.05, 3.63) is 59.9 Å². The lowest BCUT2D eigenvalue weighted by Gasteiger charge is -2.25. The van der Waals surface area contributed by atoms with Crippen LogP contribution in [0.4, 0.5) is 0 Å². The summed E-state index contributed by atoms with van der Waals surface area (Å²) in [6.45, 7) is 2.92. The number of nitrogens with zero attached hydrogens (tertiary/aromatic N) is 5. The third-order valence-electron chi connectivity index (χ3n) is 5.10. The maximum Gasteiger partial charge on any atom is 0.191 e. The Balaban J connectivity index is 1.46. The molecule has 1 fully saturated rings. The molecule has 136 valence electrons. The molecule has 0 N–H and O–H groups in total. The van der Waals surface area contributed by atoms with E-state index in [0.29, 0.717) is 6.04 Å². The van der Waals surface area contributed by atoms with Gasteiger partial charge in [0.1, 0.15) is 11.6 Å². The van der Waals surface area contributed by atoms with Crippen molar-refractivity contribution in [3.63, 3.8) is 0 Å². The van der Waals surface area contributed by atoms with Gasteiger partial charge in [-0.15, -0.1) is 10.2 Å².